The maximum absolute atomic E-state index is 12.4. The van der Waals surface area contributed by atoms with E-state index in [0.717, 1.165) is 17.8 Å². The van der Waals surface area contributed by atoms with Crippen LogP contribution in [0, 0.1) is 6.92 Å². The van der Waals surface area contributed by atoms with E-state index in [1.165, 1.54) is 22.2 Å². The van der Waals surface area contributed by atoms with E-state index in [1.807, 2.05) is 0 Å². The van der Waals surface area contributed by atoms with Crippen LogP contribution >= 0.6 is 46.3 Å². The van der Waals surface area contributed by atoms with Gasteiger partial charge in [-0.05, 0) is 51.0 Å². The van der Waals surface area contributed by atoms with Gasteiger partial charge in [-0.2, -0.15) is 0 Å². The molecule has 0 spiro atoms. The van der Waals surface area contributed by atoms with Crippen LogP contribution in [0.25, 0.3) is 11.4 Å². The number of rotatable bonds is 7. The van der Waals surface area contributed by atoms with Crippen LogP contribution in [-0.2, 0) is 11.2 Å². The summed E-state index contributed by atoms with van der Waals surface area (Å²) in [6.07, 6.45) is 0.945. The summed E-state index contributed by atoms with van der Waals surface area (Å²) in [5, 5.41) is 15.4. The number of nitrogens with zero attached hydrogens (tertiary/aromatic N) is 3. The van der Waals surface area contributed by atoms with Gasteiger partial charge in [0, 0.05) is 26.9 Å². The van der Waals surface area contributed by atoms with Crippen molar-refractivity contribution in [3.05, 3.63) is 44.1 Å². The first kappa shape index (κ1) is 22.2. The first-order valence-corrected chi connectivity index (χ1v) is 11.8. The molecule has 1 amide bonds. The Morgan fingerprint density at radius 2 is 2.07 bits per heavy atom. The van der Waals surface area contributed by atoms with Crippen molar-refractivity contribution in [2.24, 2.45) is 0 Å². The predicted octanol–water partition coefficient (Wildman–Crippen LogP) is 6.50. The van der Waals surface area contributed by atoms with Gasteiger partial charge in [-0.25, -0.2) is 0 Å². The molecule has 2 heterocycles. The van der Waals surface area contributed by atoms with Gasteiger partial charge in [0.1, 0.15) is 0 Å². The Labute approximate surface area is 188 Å². The summed E-state index contributed by atoms with van der Waals surface area (Å²) in [5.74, 6) is 0.860. The molecule has 154 valence electrons. The lowest BCUT2D eigenvalue weighted by Gasteiger charge is -2.14. The van der Waals surface area contributed by atoms with Crippen LogP contribution in [0.4, 0.5) is 5.69 Å². The molecule has 9 heteroatoms. The second-order valence-corrected chi connectivity index (χ2v) is 9.64. The second kappa shape index (κ2) is 9.51. The normalized spacial score (nSPS) is 11.3. The van der Waals surface area contributed by atoms with Gasteiger partial charge in [0.2, 0.25) is 5.91 Å². The molecule has 0 saturated heterocycles. The molecule has 0 atom stereocenters. The van der Waals surface area contributed by atoms with E-state index < -0.39 is 0 Å². The fourth-order valence-corrected chi connectivity index (χ4v) is 5.18. The zero-order valence-corrected chi connectivity index (χ0v) is 19.8. The fraction of sp³-hybridized carbons (Fsp3) is 0.350. The predicted molar refractivity (Wildman–Crippen MR) is 124 cm³/mol. The van der Waals surface area contributed by atoms with Crippen LogP contribution in [0.5, 0.6) is 0 Å². The molecule has 1 N–H and O–H groups in total. The van der Waals surface area contributed by atoms with Crippen molar-refractivity contribution in [1.82, 2.24) is 14.8 Å². The number of anilines is 1. The van der Waals surface area contributed by atoms with E-state index in [4.69, 9.17) is 23.2 Å². The van der Waals surface area contributed by atoms with Gasteiger partial charge in [-0.15, -0.1) is 21.5 Å². The van der Waals surface area contributed by atoms with Crippen molar-refractivity contribution in [3.8, 4) is 11.4 Å². The minimum absolute atomic E-state index is 0.165. The van der Waals surface area contributed by atoms with E-state index in [1.54, 1.807) is 29.5 Å². The highest BCUT2D eigenvalue weighted by atomic mass is 35.5. The Kier molecular flexibility index (Phi) is 7.27. The first-order chi connectivity index (χ1) is 13.8. The van der Waals surface area contributed by atoms with E-state index in [0.29, 0.717) is 20.9 Å². The molecule has 5 nitrogen and oxygen atoms in total. The number of nitrogens with one attached hydrogen (secondary N) is 1. The molecular weight excluding hydrogens is 447 g/mol. The summed E-state index contributed by atoms with van der Waals surface area (Å²) in [6.45, 7) is 8.46. The number of aryl methyl sites for hydroxylation is 1. The van der Waals surface area contributed by atoms with E-state index in [9.17, 15) is 4.79 Å². The Morgan fingerprint density at radius 3 is 2.76 bits per heavy atom. The molecule has 3 aromatic rings. The minimum Gasteiger partial charge on any atom is -0.324 e. The maximum atomic E-state index is 12.4. The summed E-state index contributed by atoms with van der Waals surface area (Å²) >= 11 is 15.2. The standard InChI is InChI=1S/C20H22Cl2N4OS2/c1-5-14-12(4)28-9-15(14)19-24-25-20(26(19)11(2)3)29-10-18(27)23-17-8-13(21)6-7-16(17)22/h6-9,11H,5,10H2,1-4H3,(H,23,27). The number of thiophene rings is 1. The quantitative estimate of drug-likeness (QED) is 0.402. The molecule has 0 unspecified atom stereocenters. The fourth-order valence-electron chi connectivity index (χ4n) is 3.04. The van der Waals surface area contributed by atoms with Crippen molar-refractivity contribution < 1.29 is 4.79 Å². The number of amides is 1. The number of thioether (sulfide) groups is 1. The van der Waals surface area contributed by atoms with Gasteiger partial charge >= 0.3 is 0 Å². The molecule has 0 aliphatic heterocycles. The van der Waals surface area contributed by atoms with E-state index in [2.05, 4.69) is 53.2 Å². The van der Waals surface area contributed by atoms with Crippen LogP contribution in [0.3, 0.4) is 0 Å². The smallest absolute Gasteiger partial charge is 0.234 e. The largest absolute Gasteiger partial charge is 0.324 e. The Balaban J connectivity index is 1.78. The van der Waals surface area contributed by atoms with Gasteiger partial charge in [-0.1, -0.05) is 41.9 Å². The third-order valence-corrected chi connectivity index (χ3v) is 6.88. The summed E-state index contributed by atoms with van der Waals surface area (Å²) in [7, 11) is 0. The molecule has 2 aromatic heterocycles. The number of halogens is 2. The first-order valence-electron chi connectivity index (χ1n) is 9.21. The Hall–Kier alpha value is -1.54. The Bertz CT molecular complexity index is 1030. The van der Waals surface area contributed by atoms with Crippen molar-refractivity contribution >= 4 is 57.9 Å². The van der Waals surface area contributed by atoms with Crippen molar-refractivity contribution in [1.29, 1.82) is 0 Å². The van der Waals surface area contributed by atoms with Gasteiger partial charge in [0.15, 0.2) is 11.0 Å². The number of carbonyl (C=O) groups is 1. The molecule has 0 saturated carbocycles. The SMILES string of the molecule is CCc1c(-c2nnc(SCC(=O)Nc3cc(Cl)ccc3Cl)n2C(C)C)csc1C. The van der Waals surface area contributed by atoms with Gasteiger partial charge in [0.05, 0.1) is 16.5 Å². The third-order valence-electron chi connectivity index (χ3n) is 4.41. The summed E-state index contributed by atoms with van der Waals surface area (Å²) < 4.78 is 2.09. The van der Waals surface area contributed by atoms with Gasteiger partial charge in [0.25, 0.3) is 0 Å². The monoisotopic (exact) mass is 468 g/mol. The van der Waals surface area contributed by atoms with Crippen LogP contribution in [-0.4, -0.2) is 26.4 Å². The molecular formula is C20H22Cl2N4OS2. The average molecular weight is 469 g/mol. The van der Waals surface area contributed by atoms with E-state index in [-0.39, 0.29) is 17.7 Å². The molecule has 0 bridgehead atoms. The number of hydrogen-bond donors (Lipinski definition) is 1. The van der Waals surface area contributed by atoms with Crippen LogP contribution in [0.15, 0.2) is 28.7 Å². The highest BCUT2D eigenvalue weighted by Gasteiger charge is 2.21. The minimum atomic E-state index is -0.181. The van der Waals surface area contributed by atoms with Crippen molar-refractivity contribution in [2.45, 2.75) is 45.3 Å². The van der Waals surface area contributed by atoms with Crippen molar-refractivity contribution in [2.75, 3.05) is 11.1 Å². The highest BCUT2D eigenvalue weighted by molar-refractivity contribution is 7.99. The number of benzene rings is 1. The molecule has 29 heavy (non-hydrogen) atoms. The average Bonchev–Trinajstić information content (AvgIpc) is 3.25. The lowest BCUT2D eigenvalue weighted by atomic mass is 10.1. The zero-order chi connectivity index (χ0) is 21.1. The number of aromatic nitrogens is 3. The summed E-state index contributed by atoms with van der Waals surface area (Å²) in [5.41, 5.74) is 2.92. The van der Waals surface area contributed by atoms with Crippen molar-refractivity contribution in [3.63, 3.8) is 0 Å². The summed E-state index contributed by atoms with van der Waals surface area (Å²) in [6, 6.07) is 5.13. The Morgan fingerprint density at radius 1 is 1.31 bits per heavy atom. The van der Waals surface area contributed by atoms with Gasteiger partial charge in [-0.3, -0.25) is 9.36 Å². The van der Waals surface area contributed by atoms with E-state index >= 15 is 0 Å². The molecule has 1 aromatic carbocycles. The van der Waals surface area contributed by atoms with Crippen LogP contribution in [0.1, 0.15) is 37.3 Å². The summed E-state index contributed by atoms with van der Waals surface area (Å²) in [4.78, 5) is 13.7. The number of carbonyl (C=O) groups excluding carboxylic acids is 1. The topological polar surface area (TPSA) is 59.8 Å². The maximum Gasteiger partial charge on any atom is 0.234 e. The zero-order valence-electron chi connectivity index (χ0n) is 16.6. The lowest BCUT2D eigenvalue weighted by Crippen LogP contribution is -2.15. The molecule has 0 radical (unpaired) electrons. The molecule has 0 aliphatic rings. The lowest BCUT2D eigenvalue weighted by molar-refractivity contribution is -0.113. The second-order valence-electron chi connectivity index (χ2n) is 6.77. The third kappa shape index (κ3) is 4.97. The van der Waals surface area contributed by atoms with Gasteiger partial charge < -0.3 is 5.32 Å². The number of hydrogen-bond acceptors (Lipinski definition) is 5. The van der Waals surface area contributed by atoms with Crippen LogP contribution < -0.4 is 5.32 Å². The molecule has 0 fully saturated rings. The highest BCUT2D eigenvalue weighted by Crippen LogP contribution is 2.34. The van der Waals surface area contributed by atoms with Crippen LogP contribution in [0.2, 0.25) is 10.0 Å². The molecule has 3 rings (SSSR count). The molecule has 0 aliphatic carbocycles.